The Morgan fingerprint density at radius 1 is 0.938 bits per heavy atom. The molecule has 2 fully saturated rings. The zero-order valence-electron chi connectivity index (χ0n) is 19.0. The number of ether oxygens (including phenoxy) is 2. The van der Waals surface area contributed by atoms with Crippen molar-refractivity contribution in [2.24, 2.45) is 5.92 Å². The molecule has 2 aliphatic heterocycles. The molecule has 32 heavy (non-hydrogen) atoms. The van der Waals surface area contributed by atoms with Crippen LogP contribution in [0.4, 0.5) is 5.69 Å². The zero-order valence-corrected chi connectivity index (χ0v) is 19.0. The Bertz CT molecular complexity index is 954. The van der Waals surface area contributed by atoms with Gasteiger partial charge in [0.25, 0.3) is 0 Å². The van der Waals surface area contributed by atoms with Gasteiger partial charge < -0.3 is 24.2 Å². The molecule has 0 aromatic heterocycles. The van der Waals surface area contributed by atoms with Crippen molar-refractivity contribution in [3.05, 3.63) is 54.1 Å². The number of amides is 2. The van der Waals surface area contributed by atoms with Crippen LogP contribution in [0.3, 0.4) is 0 Å². The first kappa shape index (κ1) is 22.0. The van der Waals surface area contributed by atoms with Crippen LogP contribution in [0.2, 0.25) is 0 Å². The number of anilines is 1. The molecule has 0 aliphatic carbocycles. The van der Waals surface area contributed by atoms with Crippen molar-refractivity contribution in [2.75, 3.05) is 52.3 Å². The van der Waals surface area contributed by atoms with E-state index in [9.17, 15) is 9.59 Å². The molecular weight excluding hydrogens is 406 g/mol. The predicted molar refractivity (Wildman–Crippen MR) is 123 cm³/mol. The summed E-state index contributed by atoms with van der Waals surface area (Å²) in [6.45, 7) is 2.88. The van der Waals surface area contributed by atoms with Gasteiger partial charge in [-0.1, -0.05) is 18.2 Å². The maximum Gasteiger partial charge on any atom is 0.228 e. The second-order valence-electron chi connectivity index (χ2n) is 8.38. The molecular formula is C25H31N3O4. The van der Waals surface area contributed by atoms with Gasteiger partial charge >= 0.3 is 0 Å². The lowest BCUT2D eigenvalue weighted by Gasteiger charge is -2.43. The molecule has 4 rings (SSSR count). The first-order valence-electron chi connectivity index (χ1n) is 11.1. The summed E-state index contributed by atoms with van der Waals surface area (Å²) in [5, 5.41) is 0. The van der Waals surface area contributed by atoms with Gasteiger partial charge in [-0.3, -0.25) is 9.59 Å². The van der Waals surface area contributed by atoms with Crippen LogP contribution in [0, 0.1) is 5.92 Å². The molecule has 2 aromatic carbocycles. The minimum Gasteiger partial charge on any atom is -0.497 e. The minimum absolute atomic E-state index is 0.0812. The Morgan fingerprint density at radius 3 is 2.28 bits per heavy atom. The van der Waals surface area contributed by atoms with Crippen LogP contribution in [0.1, 0.15) is 24.4 Å². The first-order valence-corrected chi connectivity index (χ1v) is 11.1. The number of carbonyl (C=O) groups excluding carboxylic acids is 2. The average Bonchev–Trinajstić information content (AvgIpc) is 2.85. The average molecular weight is 438 g/mol. The predicted octanol–water partition coefficient (Wildman–Crippen LogP) is 2.96. The van der Waals surface area contributed by atoms with E-state index in [1.165, 1.54) is 0 Å². The van der Waals surface area contributed by atoms with Crippen molar-refractivity contribution in [2.45, 2.75) is 18.9 Å². The number of piperidine rings is 1. The summed E-state index contributed by atoms with van der Waals surface area (Å²) in [6.07, 6.45) is 0.984. The number of methoxy groups -OCH3 is 2. The molecule has 2 aliphatic rings. The van der Waals surface area contributed by atoms with Gasteiger partial charge in [-0.2, -0.15) is 0 Å². The highest BCUT2D eigenvalue weighted by atomic mass is 16.5. The molecule has 0 saturated carbocycles. The van der Waals surface area contributed by atoms with Gasteiger partial charge in [0, 0.05) is 51.4 Å². The van der Waals surface area contributed by atoms with E-state index in [0.29, 0.717) is 25.9 Å². The highest BCUT2D eigenvalue weighted by molar-refractivity contribution is 5.85. The SMILES string of the molecule is COc1ccc([C@H]2[C@H](C(=O)N3CCN(c4cccc(OC)c4)CC3)CCC(=O)N2C)cc1. The van der Waals surface area contributed by atoms with E-state index in [4.69, 9.17) is 9.47 Å². The van der Waals surface area contributed by atoms with Gasteiger partial charge in [-0.15, -0.1) is 0 Å². The smallest absolute Gasteiger partial charge is 0.228 e. The summed E-state index contributed by atoms with van der Waals surface area (Å²) in [5.41, 5.74) is 2.07. The van der Waals surface area contributed by atoms with Crippen molar-refractivity contribution >= 4 is 17.5 Å². The van der Waals surface area contributed by atoms with Crippen LogP contribution in [-0.2, 0) is 9.59 Å². The van der Waals surface area contributed by atoms with Crippen LogP contribution in [0.15, 0.2) is 48.5 Å². The summed E-state index contributed by atoms with van der Waals surface area (Å²) in [5.74, 6) is 1.57. The summed E-state index contributed by atoms with van der Waals surface area (Å²) in [4.78, 5) is 32.0. The molecule has 0 spiro atoms. The van der Waals surface area contributed by atoms with Crippen LogP contribution in [0.5, 0.6) is 11.5 Å². The fraction of sp³-hybridized carbons (Fsp3) is 0.440. The second-order valence-corrected chi connectivity index (χ2v) is 8.38. The maximum atomic E-state index is 13.6. The van der Waals surface area contributed by atoms with Crippen molar-refractivity contribution in [3.63, 3.8) is 0 Å². The van der Waals surface area contributed by atoms with Crippen molar-refractivity contribution in [1.82, 2.24) is 9.80 Å². The van der Waals surface area contributed by atoms with Gasteiger partial charge in [0.05, 0.1) is 26.2 Å². The van der Waals surface area contributed by atoms with Gasteiger partial charge in [-0.25, -0.2) is 0 Å². The van der Waals surface area contributed by atoms with Crippen molar-refractivity contribution in [3.8, 4) is 11.5 Å². The van der Waals surface area contributed by atoms with Crippen LogP contribution >= 0.6 is 0 Å². The number of likely N-dealkylation sites (tertiary alicyclic amines) is 1. The molecule has 2 heterocycles. The van der Waals surface area contributed by atoms with E-state index >= 15 is 0 Å². The maximum absolute atomic E-state index is 13.6. The first-order chi connectivity index (χ1) is 15.5. The number of carbonyl (C=O) groups is 2. The largest absolute Gasteiger partial charge is 0.497 e. The number of hydrogen-bond donors (Lipinski definition) is 0. The summed E-state index contributed by atoms with van der Waals surface area (Å²) >= 11 is 0. The van der Waals surface area contributed by atoms with Gasteiger partial charge in [-0.05, 0) is 36.2 Å². The van der Waals surface area contributed by atoms with Crippen molar-refractivity contribution in [1.29, 1.82) is 0 Å². The third-order valence-corrected chi connectivity index (χ3v) is 6.65. The molecule has 0 bridgehead atoms. The van der Waals surface area contributed by atoms with E-state index in [0.717, 1.165) is 35.8 Å². The number of rotatable bonds is 5. The van der Waals surface area contributed by atoms with Gasteiger partial charge in [0.1, 0.15) is 11.5 Å². The lowest BCUT2D eigenvalue weighted by atomic mass is 9.83. The molecule has 7 nitrogen and oxygen atoms in total. The van der Waals surface area contributed by atoms with E-state index in [1.54, 1.807) is 26.2 Å². The lowest BCUT2D eigenvalue weighted by molar-refractivity contribution is -0.146. The zero-order chi connectivity index (χ0) is 22.7. The summed E-state index contributed by atoms with van der Waals surface area (Å²) in [7, 11) is 5.10. The highest BCUT2D eigenvalue weighted by Gasteiger charge is 2.41. The van der Waals surface area contributed by atoms with E-state index < -0.39 is 0 Å². The highest BCUT2D eigenvalue weighted by Crippen LogP contribution is 2.37. The topological polar surface area (TPSA) is 62.3 Å². The standard InChI is InChI=1S/C25H31N3O4/c1-26-23(29)12-11-22(24(26)18-7-9-20(31-2)10-8-18)25(30)28-15-13-27(14-16-28)19-5-4-6-21(17-19)32-3/h4-10,17,22,24H,11-16H2,1-3H3/t22-,24+/m1/s1. The molecule has 170 valence electrons. The Labute approximate surface area is 189 Å². The Hall–Kier alpha value is -3.22. The molecule has 0 N–H and O–H groups in total. The second kappa shape index (κ2) is 9.51. The third-order valence-electron chi connectivity index (χ3n) is 6.65. The van der Waals surface area contributed by atoms with E-state index in [1.807, 2.05) is 47.4 Å². The monoisotopic (exact) mass is 437 g/mol. The number of nitrogens with zero attached hydrogens (tertiary/aromatic N) is 3. The number of piperazine rings is 1. The van der Waals surface area contributed by atoms with Crippen LogP contribution < -0.4 is 14.4 Å². The number of hydrogen-bond acceptors (Lipinski definition) is 5. The van der Waals surface area contributed by atoms with Gasteiger partial charge in [0.15, 0.2) is 0 Å². The molecule has 2 aromatic rings. The van der Waals surface area contributed by atoms with E-state index in [-0.39, 0.29) is 23.8 Å². The lowest BCUT2D eigenvalue weighted by Crippen LogP contribution is -2.53. The summed E-state index contributed by atoms with van der Waals surface area (Å²) < 4.78 is 10.6. The van der Waals surface area contributed by atoms with E-state index in [2.05, 4.69) is 11.0 Å². The fourth-order valence-corrected chi connectivity index (χ4v) is 4.78. The Balaban J connectivity index is 1.47. The molecule has 2 saturated heterocycles. The van der Waals surface area contributed by atoms with Crippen LogP contribution in [0.25, 0.3) is 0 Å². The van der Waals surface area contributed by atoms with Crippen molar-refractivity contribution < 1.29 is 19.1 Å². The molecule has 0 radical (unpaired) electrons. The molecule has 7 heteroatoms. The number of benzene rings is 2. The normalized spacial score (nSPS) is 21.5. The van der Waals surface area contributed by atoms with Gasteiger partial charge in [0.2, 0.25) is 11.8 Å². The molecule has 2 atom stereocenters. The fourth-order valence-electron chi connectivity index (χ4n) is 4.78. The minimum atomic E-state index is -0.258. The van der Waals surface area contributed by atoms with Crippen LogP contribution in [-0.4, -0.2) is 69.1 Å². The molecule has 0 unspecified atom stereocenters. The Morgan fingerprint density at radius 2 is 1.62 bits per heavy atom. The quantitative estimate of drug-likeness (QED) is 0.720. The Kier molecular flexibility index (Phi) is 6.53. The molecule has 2 amide bonds. The third kappa shape index (κ3) is 4.38. The summed E-state index contributed by atoms with van der Waals surface area (Å²) in [6, 6.07) is 15.4.